The molecule has 0 aromatic carbocycles. The van der Waals surface area contributed by atoms with Crippen molar-refractivity contribution in [3.05, 3.63) is 17.9 Å². The summed E-state index contributed by atoms with van der Waals surface area (Å²) in [5.74, 6) is 1.35. The maximum Gasteiger partial charge on any atom is 0.274 e. The standard InChI is InChI=1S/C11H20N2O3S2/c1-4-12-7-10-5-6-11(16-10)18(14,15)13-9(2)8-17-3/h5-6,9,12-13H,4,7-8H2,1-3H3. The quantitative estimate of drug-likeness (QED) is 0.758. The first-order chi connectivity index (χ1) is 8.49. The van der Waals surface area contributed by atoms with Gasteiger partial charge in [-0.15, -0.1) is 0 Å². The molecule has 0 spiro atoms. The van der Waals surface area contributed by atoms with Crippen molar-refractivity contribution in [2.24, 2.45) is 0 Å². The molecule has 1 aromatic rings. The van der Waals surface area contributed by atoms with Gasteiger partial charge in [-0.05, 0) is 31.9 Å². The van der Waals surface area contributed by atoms with Crippen LogP contribution in [-0.4, -0.2) is 33.0 Å². The van der Waals surface area contributed by atoms with Gasteiger partial charge in [0.2, 0.25) is 5.09 Å². The molecule has 104 valence electrons. The van der Waals surface area contributed by atoms with E-state index in [1.807, 2.05) is 20.1 Å². The average molecular weight is 292 g/mol. The summed E-state index contributed by atoms with van der Waals surface area (Å²) in [6.07, 6.45) is 1.94. The molecule has 1 aromatic heterocycles. The number of hydrogen-bond donors (Lipinski definition) is 2. The van der Waals surface area contributed by atoms with Gasteiger partial charge in [0.15, 0.2) is 0 Å². The van der Waals surface area contributed by atoms with Crippen LogP contribution >= 0.6 is 11.8 Å². The van der Waals surface area contributed by atoms with E-state index in [2.05, 4.69) is 10.0 Å². The monoisotopic (exact) mass is 292 g/mol. The molecule has 0 fully saturated rings. The highest BCUT2D eigenvalue weighted by atomic mass is 32.2. The van der Waals surface area contributed by atoms with Crippen molar-refractivity contribution in [2.45, 2.75) is 31.5 Å². The lowest BCUT2D eigenvalue weighted by molar-refractivity contribution is 0.400. The molecule has 2 N–H and O–H groups in total. The van der Waals surface area contributed by atoms with Crippen molar-refractivity contribution in [1.29, 1.82) is 0 Å². The number of thioether (sulfide) groups is 1. The summed E-state index contributed by atoms with van der Waals surface area (Å²) < 4.78 is 31.8. The minimum atomic E-state index is -3.54. The molecule has 1 unspecified atom stereocenters. The van der Waals surface area contributed by atoms with Gasteiger partial charge in [-0.2, -0.15) is 11.8 Å². The zero-order valence-electron chi connectivity index (χ0n) is 10.9. The lowest BCUT2D eigenvalue weighted by Crippen LogP contribution is -2.34. The smallest absolute Gasteiger partial charge is 0.274 e. The van der Waals surface area contributed by atoms with Crippen LogP contribution in [-0.2, 0) is 16.6 Å². The van der Waals surface area contributed by atoms with Crippen LogP contribution in [0.5, 0.6) is 0 Å². The van der Waals surface area contributed by atoms with Crippen molar-refractivity contribution < 1.29 is 12.8 Å². The van der Waals surface area contributed by atoms with Crippen molar-refractivity contribution in [3.63, 3.8) is 0 Å². The Balaban J connectivity index is 2.69. The zero-order chi connectivity index (χ0) is 13.6. The van der Waals surface area contributed by atoms with Crippen molar-refractivity contribution in [2.75, 3.05) is 18.6 Å². The molecule has 0 saturated heterocycles. The molecule has 0 amide bonds. The second-order valence-corrected chi connectivity index (χ2v) is 6.53. The summed E-state index contributed by atoms with van der Waals surface area (Å²) in [7, 11) is -3.54. The highest BCUT2D eigenvalue weighted by Crippen LogP contribution is 2.14. The number of hydrogen-bond acceptors (Lipinski definition) is 5. The Morgan fingerprint density at radius 1 is 1.44 bits per heavy atom. The average Bonchev–Trinajstić information content (AvgIpc) is 2.75. The number of furan rings is 1. The molecule has 1 rings (SSSR count). The lowest BCUT2D eigenvalue weighted by atomic mass is 10.4. The first-order valence-electron chi connectivity index (χ1n) is 5.80. The number of rotatable bonds is 8. The summed E-state index contributed by atoms with van der Waals surface area (Å²) in [5.41, 5.74) is 0. The van der Waals surface area contributed by atoms with Crippen LogP contribution in [0.25, 0.3) is 0 Å². The summed E-state index contributed by atoms with van der Waals surface area (Å²) in [6, 6.07) is 3.05. The SMILES string of the molecule is CCNCc1ccc(S(=O)(=O)NC(C)CSC)o1. The minimum Gasteiger partial charge on any atom is -0.447 e. The van der Waals surface area contributed by atoms with Crippen LogP contribution in [0.3, 0.4) is 0 Å². The van der Waals surface area contributed by atoms with Crippen molar-refractivity contribution in [1.82, 2.24) is 10.0 Å². The molecule has 1 heterocycles. The maximum atomic E-state index is 12.0. The summed E-state index contributed by atoms with van der Waals surface area (Å²) in [5, 5.41) is 3.05. The van der Waals surface area contributed by atoms with Crippen LogP contribution in [0.4, 0.5) is 0 Å². The van der Waals surface area contributed by atoms with Crippen molar-refractivity contribution in [3.8, 4) is 0 Å². The molecular weight excluding hydrogens is 272 g/mol. The van der Waals surface area contributed by atoms with E-state index in [4.69, 9.17) is 4.42 Å². The van der Waals surface area contributed by atoms with Gasteiger partial charge in [-0.1, -0.05) is 6.92 Å². The van der Waals surface area contributed by atoms with Gasteiger partial charge in [0, 0.05) is 11.8 Å². The van der Waals surface area contributed by atoms with Gasteiger partial charge in [-0.3, -0.25) is 0 Å². The Labute approximate surface area is 113 Å². The largest absolute Gasteiger partial charge is 0.447 e. The topological polar surface area (TPSA) is 71.3 Å². The van der Waals surface area contributed by atoms with Crippen LogP contribution in [0.2, 0.25) is 0 Å². The van der Waals surface area contributed by atoms with Gasteiger partial charge in [0.05, 0.1) is 6.54 Å². The molecule has 1 atom stereocenters. The van der Waals surface area contributed by atoms with E-state index in [1.54, 1.807) is 17.8 Å². The predicted octanol–water partition coefficient (Wildman–Crippen LogP) is 1.42. The minimum absolute atomic E-state index is 0.0247. The van der Waals surface area contributed by atoms with Crippen LogP contribution < -0.4 is 10.0 Å². The fourth-order valence-corrected chi connectivity index (χ4v) is 3.33. The third-order valence-corrected chi connectivity index (χ3v) is 4.52. The molecule has 0 bridgehead atoms. The number of sulfonamides is 1. The van der Waals surface area contributed by atoms with Crippen LogP contribution in [0.15, 0.2) is 21.6 Å². The Kier molecular flexibility index (Phi) is 6.20. The summed E-state index contributed by atoms with van der Waals surface area (Å²) >= 11 is 1.59. The molecule has 5 nitrogen and oxygen atoms in total. The van der Waals surface area contributed by atoms with E-state index in [1.165, 1.54) is 6.07 Å². The zero-order valence-corrected chi connectivity index (χ0v) is 12.5. The fraction of sp³-hybridized carbons (Fsp3) is 0.636. The van der Waals surface area contributed by atoms with E-state index in [-0.39, 0.29) is 11.1 Å². The third-order valence-electron chi connectivity index (χ3n) is 2.22. The van der Waals surface area contributed by atoms with Gasteiger partial charge < -0.3 is 9.73 Å². The third kappa shape index (κ3) is 4.64. The highest BCUT2D eigenvalue weighted by Gasteiger charge is 2.20. The maximum absolute atomic E-state index is 12.0. The Hall–Kier alpha value is -0.500. The van der Waals surface area contributed by atoms with E-state index < -0.39 is 10.0 Å². The number of nitrogens with one attached hydrogen (secondary N) is 2. The second kappa shape index (κ2) is 7.18. The molecule has 0 radical (unpaired) electrons. The molecule has 0 aliphatic rings. The molecule has 18 heavy (non-hydrogen) atoms. The lowest BCUT2D eigenvalue weighted by Gasteiger charge is -2.11. The fourth-order valence-electron chi connectivity index (χ4n) is 1.45. The van der Waals surface area contributed by atoms with Gasteiger partial charge >= 0.3 is 0 Å². The summed E-state index contributed by atoms with van der Waals surface area (Å²) in [4.78, 5) is 0. The second-order valence-electron chi connectivity index (χ2n) is 3.98. The Morgan fingerprint density at radius 3 is 2.78 bits per heavy atom. The van der Waals surface area contributed by atoms with E-state index in [0.717, 1.165) is 12.3 Å². The molecule has 0 aliphatic heterocycles. The first kappa shape index (κ1) is 15.6. The molecule has 7 heteroatoms. The summed E-state index contributed by atoms with van der Waals surface area (Å²) in [6.45, 7) is 5.15. The Morgan fingerprint density at radius 2 is 2.17 bits per heavy atom. The normalized spacial score (nSPS) is 13.7. The highest BCUT2D eigenvalue weighted by molar-refractivity contribution is 7.98. The van der Waals surface area contributed by atoms with Gasteiger partial charge in [0.1, 0.15) is 5.76 Å². The Bertz CT molecular complexity index is 457. The van der Waals surface area contributed by atoms with E-state index in [9.17, 15) is 8.42 Å². The molecule has 0 saturated carbocycles. The molecular formula is C11H20N2O3S2. The van der Waals surface area contributed by atoms with Crippen LogP contribution in [0, 0.1) is 0 Å². The first-order valence-corrected chi connectivity index (χ1v) is 8.68. The molecule has 0 aliphatic carbocycles. The van der Waals surface area contributed by atoms with E-state index >= 15 is 0 Å². The van der Waals surface area contributed by atoms with Gasteiger partial charge in [-0.25, -0.2) is 13.1 Å². The van der Waals surface area contributed by atoms with E-state index in [0.29, 0.717) is 12.3 Å². The predicted molar refractivity (Wildman–Crippen MR) is 74.3 cm³/mol. The van der Waals surface area contributed by atoms with Crippen molar-refractivity contribution >= 4 is 21.8 Å². The van der Waals surface area contributed by atoms with Crippen LogP contribution in [0.1, 0.15) is 19.6 Å². The van der Waals surface area contributed by atoms with Gasteiger partial charge in [0.25, 0.3) is 10.0 Å².